The average Bonchev–Trinajstić information content (AvgIpc) is 3.50. The van der Waals surface area contributed by atoms with E-state index in [1.165, 1.54) is 5.56 Å². The molecule has 1 unspecified atom stereocenters. The van der Waals surface area contributed by atoms with Crippen LogP contribution < -0.4 is 5.32 Å². The number of rotatable bonds is 2. The first kappa shape index (κ1) is 16.9. The van der Waals surface area contributed by atoms with Gasteiger partial charge in [-0.05, 0) is 41.0 Å². The molecule has 146 valence electrons. The SMILES string of the molecule is O=C(Nc1c[nH]c2ccccc12)N1Cc2ccccc2C1c1ccc2occc2c1. The molecule has 0 fully saturated rings. The minimum atomic E-state index is -0.147. The molecule has 5 heteroatoms. The number of para-hydroxylation sites is 1. The zero-order chi connectivity index (χ0) is 20.1. The van der Waals surface area contributed by atoms with Crippen LogP contribution in [0.3, 0.4) is 0 Å². The van der Waals surface area contributed by atoms with Crippen LogP contribution in [0.5, 0.6) is 0 Å². The molecule has 3 heterocycles. The molecule has 0 spiro atoms. The van der Waals surface area contributed by atoms with Crippen molar-refractivity contribution in [2.75, 3.05) is 5.32 Å². The molecule has 2 amide bonds. The van der Waals surface area contributed by atoms with Gasteiger partial charge in [0.15, 0.2) is 0 Å². The topological polar surface area (TPSA) is 61.3 Å². The van der Waals surface area contributed by atoms with Gasteiger partial charge in [0.2, 0.25) is 0 Å². The summed E-state index contributed by atoms with van der Waals surface area (Å²) in [6, 6.07) is 24.0. The van der Waals surface area contributed by atoms with E-state index in [1.807, 2.05) is 65.7 Å². The Balaban J connectivity index is 1.39. The predicted octanol–water partition coefficient (Wildman–Crippen LogP) is 6.05. The number of fused-ring (bicyclic) bond motifs is 3. The lowest BCUT2D eigenvalue weighted by molar-refractivity contribution is 0.203. The van der Waals surface area contributed by atoms with E-state index in [-0.39, 0.29) is 12.1 Å². The lowest BCUT2D eigenvalue weighted by atomic mass is 9.97. The van der Waals surface area contributed by atoms with Gasteiger partial charge in [-0.25, -0.2) is 4.79 Å². The Bertz CT molecular complexity index is 1400. The van der Waals surface area contributed by atoms with Crippen LogP contribution in [0.15, 0.2) is 89.7 Å². The quantitative estimate of drug-likeness (QED) is 0.383. The number of H-pyrrole nitrogens is 1. The fourth-order valence-corrected chi connectivity index (χ4v) is 4.45. The van der Waals surface area contributed by atoms with Crippen molar-refractivity contribution in [3.8, 4) is 0 Å². The molecule has 5 nitrogen and oxygen atoms in total. The highest BCUT2D eigenvalue weighted by atomic mass is 16.3. The van der Waals surface area contributed by atoms with Crippen molar-refractivity contribution in [1.82, 2.24) is 9.88 Å². The number of amides is 2. The van der Waals surface area contributed by atoms with Crippen LogP contribution >= 0.6 is 0 Å². The van der Waals surface area contributed by atoms with Crippen LogP contribution in [-0.4, -0.2) is 15.9 Å². The summed E-state index contributed by atoms with van der Waals surface area (Å²) in [6.07, 6.45) is 3.54. The summed E-state index contributed by atoms with van der Waals surface area (Å²) in [6.45, 7) is 0.568. The van der Waals surface area contributed by atoms with Gasteiger partial charge in [0.05, 0.1) is 18.0 Å². The standard InChI is InChI=1S/C25H19N3O2/c29-25(27-22-14-26-21-8-4-3-7-20(21)22)28-15-18-5-1-2-6-19(18)24(28)17-9-10-23-16(13-17)11-12-30-23/h1-14,24,26H,15H2,(H,27,29). The first-order valence-corrected chi connectivity index (χ1v) is 9.96. The fourth-order valence-electron chi connectivity index (χ4n) is 4.45. The average molecular weight is 393 g/mol. The summed E-state index contributed by atoms with van der Waals surface area (Å²) >= 11 is 0. The highest BCUT2D eigenvalue weighted by molar-refractivity contribution is 6.01. The van der Waals surface area contributed by atoms with Gasteiger partial charge in [0.25, 0.3) is 0 Å². The number of nitrogens with one attached hydrogen (secondary N) is 2. The summed E-state index contributed by atoms with van der Waals surface area (Å²) in [7, 11) is 0. The number of hydrogen-bond donors (Lipinski definition) is 2. The van der Waals surface area contributed by atoms with Gasteiger partial charge < -0.3 is 19.6 Å². The highest BCUT2D eigenvalue weighted by Gasteiger charge is 2.35. The smallest absolute Gasteiger partial charge is 0.322 e. The van der Waals surface area contributed by atoms with Crippen molar-refractivity contribution in [1.29, 1.82) is 0 Å². The molecule has 0 saturated carbocycles. The second-order valence-corrected chi connectivity index (χ2v) is 7.63. The van der Waals surface area contributed by atoms with E-state index in [2.05, 4.69) is 28.5 Å². The Morgan fingerprint density at radius 3 is 2.87 bits per heavy atom. The van der Waals surface area contributed by atoms with E-state index in [1.54, 1.807) is 6.26 Å². The predicted molar refractivity (Wildman–Crippen MR) is 117 cm³/mol. The largest absolute Gasteiger partial charge is 0.464 e. The summed E-state index contributed by atoms with van der Waals surface area (Å²) in [5.41, 5.74) is 6.04. The lowest BCUT2D eigenvalue weighted by Crippen LogP contribution is -2.34. The van der Waals surface area contributed by atoms with Crippen molar-refractivity contribution >= 4 is 33.6 Å². The van der Waals surface area contributed by atoms with Crippen LogP contribution in [0.25, 0.3) is 21.9 Å². The van der Waals surface area contributed by atoms with Gasteiger partial charge >= 0.3 is 6.03 Å². The minimum Gasteiger partial charge on any atom is -0.464 e. The number of urea groups is 1. The second kappa shape index (κ2) is 6.52. The molecule has 6 rings (SSSR count). The van der Waals surface area contributed by atoms with Crippen LogP contribution in [-0.2, 0) is 6.54 Å². The van der Waals surface area contributed by atoms with Gasteiger partial charge in [-0.2, -0.15) is 0 Å². The van der Waals surface area contributed by atoms with Crippen LogP contribution in [0.4, 0.5) is 10.5 Å². The molecule has 5 aromatic rings. The molecule has 0 bridgehead atoms. The summed E-state index contributed by atoms with van der Waals surface area (Å²) in [4.78, 5) is 18.5. The Labute approximate surface area is 172 Å². The number of aromatic amines is 1. The maximum absolute atomic E-state index is 13.4. The monoisotopic (exact) mass is 393 g/mol. The van der Waals surface area contributed by atoms with Gasteiger partial charge in [-0.3, -0.25) is 0 Å². The molecule has 0 saturated heterocycles. The zero-order valence-corrected chi connectivity index (χ0v) is 16.1. The van der Waals surface area contributed by atoms with Crippen LogP contribution in [0.2, 0.25) is 0 Å². The third-order valence-electron chi connectivity index (χ3n) is 5.89. The maximum atomic E-state index is 13.4. The highest BCUT2D eigenvalue weighted by Crippen LogP contribution is 2.40. The number of nitrogens with zero attached hydrogens (tertiary/aromatic N) is 1. The van der Waals surface area contributed by atoms with Crippen molar-refractivity contribution < 1.29 is 9.21 Å². The zero-order valence-electron chi connectivity index (χ0n) is 16.1. The third kappa shape index (κ3) is 2.59. The Kier molecular flexibility index (Phi) is 3.68. The molecular weight excluding hydrogens is 374 g/mol. The number of furan rings is 1. The number of anilines is 1. The Morgan fingerprint density at radius 2 is 1.90 bits per heavy atom. The maximum Gasteiger partial charge on any atom is 0.322 e. The van der Waals surface area contributed by atoms with Crippen molar-refractivity contribution in [3.63, 3.8) is 0 Å². The molecule has 1 aliphatic heterocycles. The van der Waals surface area contributed by atoms with E-state index in [4.69, 9.17) is 4.42 Å². The van der Waals surface area contributed by atoms with Crippen molar-refractivity contribution in [2.24, 2.45) is 0 Å². The molecule has 30 heavy (non-hydrogen) atoms. The number of hydrogen-bond acceptors (Lipinski definition) is 2. The molecular formula is C25H19N3O2. The number of benzene rings is 3. The van der Waals surface area contributed by atoms with Crippen LogP contribution in [0.1, 0.15) is 22.7 Å². The second-order valence-electron chi connectivity index (χ2n) is 7.63. The summed E-state index contributed by atoms with van der Waals surface area (Å²) < 4.78 is 5.49. The fraction of sp³-hybridized carbons (Fsp3) is 0.0800. The first-order chi connectivity index (χ1) is 14.8. The molecule has 0 aliphatic carbocycles. The van der Waals surface area contributed by atoms with E-state index >= 15 is 0 Å². The number of carbonyl (C=O) groups is 1. The van der Waals surface area contributed by atoms with Crippen molar-refractivity contribution in [3.05, 3.63) is 102 Å². The van der Waals surface area contributed by atoms with Gasteiger partial charge in [-0.15, -0.1) is 0 Å². The van der Waals surface area contributed by atoms with Crippen LogP contribution in [0, 0.1) is 0 Å². The van der Waals surface area contributed by atoms with E-state index in [0.29, 0.717) is 6.54 Å². The number of carbonyl (C=O) groups excluding carboxylic acids is 1. The molecule has 1 atom stereocenters. The first-order valence-electron chi connectivity index (χ1n) is 9.96. The Morgan fingerprint density at radius 1 is 1.03 bits per heavy atom. The summed E-state index contributed by atoms with van der Waals surface area (Å²) in [5.74, 6) is 0. The van der Waals surface area contributed by atoms with Gasteiger partial charge in [-0.1, -0.05) is 48.5 Å². The van der Waals surface area contributed by atoms with E-state index < -0.39 is 0 Å². The molecule has 2 N–H and O–H groups in total. The number of aromatic nitrogens is 1. The van der Waals surface area contributed by atoms with Gasteiger partial charge in [0, 0.05) is 29.0 Å². The molecule has 0 radical (unpaired) electrons. The molecule has 2 aromatic heterocycles. The van der Waals surface area contributed by atoms with E-state index in [9.17, 15) is 4.79 Å². The normalized spacial score (nSPS) is 15.6. The minimum absolute atomic E-state index is 0.117. The lowest BCUT2D eigenvalue weighted by Gasteiger charge is -2.26. The van der Waals surface area contributed by atoms with Crippen molar-refractivity contribution in [2.45, 2.75) is 12.6 Å². The summed E-state index contributed by atoms with van der Waals surface area (Å²) in [5, 5.41) is 5.15. The third-order valence-corrected chi connectivity index (χ3v) is 5.89. The Hall–Kier alpha value is -3.99. The van der Waals surface area contributed by atoms with E-state index in [0.717, 1.165) is 38.7 Å². The molecule has 1 aliphatic rings. The van der Waals surface area contributed by atoms with Gasteiger partial charge in [0.1, 0.15) is 5.58 Å². The molecule has 3 aromatic carbocycles.